The maximum absolute atomic E-state index is 9.61. The van der Waals surface area contributed by atoms with E-state index in [4.69, 9.17) is 11.6 Å². The first-order valence-electron chi connectivity index (χ1n) is 4.93. The Labute approximate surface area is 99.5 Å². The maximum atomic E-state index is 9.61. The Morgan fingerprint density at radius 3 is 2.69 bits per heavy atom. The first kappa shape index (κ1) is 10.8. The SMILES string of the molecule is Oc1ccc(Cl)cc1CNc1cc[c]cc1. The molecule has 0 fully saturated rings. The lowest BCUT2D eigenvalue weighted by Gasteiger charge is -2.08. The van der Waals surface area contributed by atoms with Gasteiger partial charge in [0.1, 0.15) is 5.75 Å². The number of halogens is 1. The van der Waals surface area contributed by atoms with Gasteiger partial charge in [0.15, 0.2) is 0 Å². The highest BCUT2D eigenvalue weighted by atomic mass is 35.5. The van der Waals surface area contributed by atoms with Crippen LogP contribution in [0.2, 0.25) is 5.02 Å². The van der Waals surface area contributed by atoms with Crippen molar-refractivity contribution < 1.29 is 5.11 Å². The molecule has 2 aromatic rings. The molecule has 2 nitrogen and oxygen atoms in total. The molecule has 2 rings (SSSR count). The van der Waals surface area contributed by atoms with Crippen molar-refractivity contribution in [1.29, 1.82) is 0 Å². The van der Waals surface area contributed by atoms with Crippen molar-refractivity contribution in [3.05, 3.63) is 59.1 Å². The highest BCUT2D eigenvalue weighted by Crippen LogP contribution is 2.22. The minimum atomic E-state index is 0.249. The van der Waals surface area contributed by atoms with Gasteiger partial charge in [-0.3, -0.25) is 0 Å². The summed E-state index contributed by atoms with van der Waals surface area (Å²) in [6, 6.07) is 15.5. The van der Waals surface area contributed by atoms with Gasteiger partial charge in [0, 0.05) is 22.8 Å². The van der Waals surface area contributed by atoms with Gasteiger partial charge in [0.2, 0.25) is 0 Å². The molecule has 2 aromatic carbocycles. The fraction of sp³-hybridized carbons (Fsp3) is 0.0769. The van der Waals surface area contributed by atoms with E-state index in [0.29, 0.717) is 11.6 Å². The molecule has 81 valence electrons. The molecule has 0 aliphatic carbocycles. The maximum Gasteiger partial charge on any atom is 0.120 e. The molecule has 0 heterocycles. The zero-order valence-corrected chi connectivity index (χ0v) is 9.33. The third-order valence-electron chi connectivity index (χ3n) is 2.24. The molecule has 0 saturated carbocycles. The largest absolute Gasteiger partial charge is 0.508 e. The van der Waals surface area contributed by atoms with E-state index in [1.807, 2.05) is 24.3 Å². The molecule has 16 heavy (non-hydrogen) atoms. The summed E-state index contributed by atoms with van der Waals surface area (Å²) >= 11 is 5.85. The lowest BCUT2D eigenvalue weighted by molar-refractivity contribution is 0.469. The van der Waals surface area contributed by atoms with Crippen LogP contribution in [0.1, 0.15) is 5.56 Å². The number of rotatable bonds is 3. The molecule has 3 heteroatoms. The Bertz CT molecular complexity index is 471. The van der Waals surface area contributed by atoms with E-state index in [1.54, 1.807) is 18.2 Å². The van der Waals surface area contributed by atoms with Crippen LogP contribution in [0, 0.1) is 6.07 Å². The summed E-state index contributed by atoms with van der Waals surface area (Å²) in [4.78, 5) is 0. The van der Waals surface area contributed by atoms with E-state index in [1.165, 1.54) is 0 Å². The fourth-order valence-electron chi connectivity index (χ4n) is 1.40. The molecule has 0 amide bonds. The highest BCUT2D eigenvalue weighted by Gasteiger charge is 2.01. The summed E-state index contributed by atoms with van der Waals surface area (Å²) in [5.41, 5.74) is 1.76. The first-order chi connectivity index (χ1) is 7.75. The second-order valence-electron chi connectivity index (χ2n) is 3.42. The van der Waals surface area contributed by atoms with Crippen LogP contribution in [0.4, 0.5) is 5.69 Å². The summed E-state index contributed by atoms with van der Waals surface area (Å²) in [5.74, 6) is 0.249. The van der Waals surface area contributed by atoms with Gasteiger partial charge in [0.05, 0.1) is 0 Å². The van der Waals surface area contributed by atoms with E-state index in [9.17, 15) is 5.11 Å². The van der Waals surface area contributed by atoms with Crippen molar-refractivity contribution >= 4 is 17.3 Å². The third kappa shape index (κ3) is 2.67. The van der Waals surface area contributed by atoms with Gasteiger partial charge in [-0.25, -0.2) is 0 Å². The average molecular weight is 233 g/mol. The number of hydrogen-bond acceptors (Lipinski definition) is 2. The molecule has 0 atom stereocenters. The summed E-state index contributed by atoms with van der Waals surface area (Å²) in [6.45, 7) is 0.538. The Balaban J connectivity index is 2.08. The Hall–Kier alpha value is -1.67. The van der Waals surface area contributed by atoms with Crippen molar-refractivity contribution in [2.75, 3.05) is 5.32 Å². The second-order valence-corrected chi connectivity index (χ2v) is 3.85. The zero-order valence-electron chi connectivity index (χ0n) is 8.57. The average Bonchev–Trinajstić information content (AvgIpc) is 2.32. The number of phenols is 1. The van der Waals surface area contributed by atoms with Gasteiger partial charge >= 0.3 is 0 Å². The summed E-state index contributed by atoms with van der Waals surface area (Å²) in [7, 11) is 0. The van der Waals surface area contributed by atoms with E-state index < -0.39 is 0 Å². The Morgan fingerprint density at radius 1 is 1.19 bits per heavy atom. The molecule has 0 aromatic heterocycles. The lowest BCUT2D eigenvalue weighted by Crippen LogP contribution is -1.99. The summed E-state index contributed by atoms with van der Waals surface area (Å²) in [5, 5.41) is 13.4. The van der Waals surface area contributed by atoms with Crippen LogP contribution in [-0.4, -0.2) is 5.11 Å². The summed E-state index contributed by atoms with van der Waals surface area (Å²) < 4.78 is 0. The van der Waals surface area contributed by atoms with Gasteiger partial charge in [-0.05, 0) is 36.4 Å². The van der Waals surface area contributed by atoms with E-state index >= 15 is 0 Å². The fourth-order valence-corrected chi connectivity index (χ4v) is 1.59. The molecule has 2 N–H and O–H groups in total. The highest BCUT2D eigenvalue weighted by molar-refractivity contribution is 6.30. The minimum absolute atomic E-state index is 0.249. The van der Waals surface area contributed by atoms with Crippen molar-refractivity contribution in [2.45, 2.75) is 6.54 Å². The van der Waals surface area contributed by atoms with Crippen LogP contribution in [0.15, 0.2) is 42.5 Å². The number of anilines is 1. The minimum Gasteiger partial charge on any atom is -0.508 e. The summed E-state index contributed by atoms with van der Waals surface area (Å²) in [6.07, 6.45) is 0. The normalized spacial score (nSPS) is 10.1. The van der Waals surface area contributed by atoms with Crippen LogP contribution in [0.5, 0.6) is 5.75 Å². The molecular weight excluding hydrogens is 222 g/mol. The topological polar surface area (TPSA) is 32.3 Å². The van der Waals surface area contributed by atoms with Crippen molar-refractivity contribution in [1.82, 2.24) is 0 Å². The number of benzene rings is 2. The molecule has 1 radical (unpaired) electrons. The van der Waals surface area contributed by atoms with E-state index in [-0.39, 0.29) is 5.75 Å². The van der Waals surface area contributed by atoms with E-state index in [0.717, 1.165) is 11.3 Å². The lowest BCUT2D eigenvalue weighted by atomic mass is 10.2. The molecule has 0 saturated heterocycles. The monoisotopic (exact) mass is 232 g/mol. The standard InChI is InChI=1S/C13H11ClNO/c14-11-6-7-13(16)10(8-11)9-15-12-4-2-1-3-5-12/h2-8,15-16H,9H2. The van der Waals surface area contributed by atoms with Crippen LogP contribution >= 0.6 is 11.6 Å². The number of phenolic OH excluding ortho intramolecular Hbond substituents is 1. The van der Waals surface area contributed by atoms with E-state index in [2.05, 4.69) is 11.4 Å². The van der Waals surface area contributed by atoms with Crippen LogP contribution < -0.4 is 5.32 Å². The van der Waals surface area contributed by atoms with Gasteiger partial charge in [-0.2, -0.15) is 0 Å². The third-order valence-corrected chi connectivity index (χ3v) is 2.48. The van der Waals surface area contributed by atoms with Crippen molar-refractivity contribution in [2.24, 2.45) is 0 Å². The number of aromatic hydroxyl groups is 1. The van der Waals surface area contributed by atoms with Gasteiger partial charge < -0.3 is 10.4 Å². The second kappa shape index (κ2) is 4.90. The van der Waals surface area contributed by atoms with Gasteiger partial charge in [0.25, 0.3) is 0 Å². The van der Waals surface area contributed by atoms with Crippen LogP contribution in [-0.2, 0) is 6.54 Å². The van der Waals surface area contributed by atoms with Crippen molar-refractivity contribution in [3.63, 3.8) is 0 Å². The molecule has 0 aliphatic heterocycles. The van der Waals surface area contributed by atoms with Gasteiger partial charge in [-0.1, -0.05) is 23.7 Å². The molecule has 0 bridgehead atoms. The predicted molar refractivity (Wildman–Crippen MR) is 65.7 cm³/mol. The quantitative estimate of drug-likeness (QED) is 0.850. The molecule has 0 unspecified atom stereocenters. The van der Waals surface area contributed by atoms with Gasteiger partial charge in [-0.15, -0.1) is 0 Å². The zero-order chi connectivity index (χ0) is 11.4. The Morgan fingerprint density at radius 2 is 1.94 bits per heavy atom. The van der Waals surface area contributed by atoms with Crippen LogP contribution in [0.3, 0.4) is 0 Å². The van der Waals surface area contributed by atoms with Crippen LogP contribution in [0.25, 0.3) is 0 Å². The van der Waals surface area contributed by atoms with Crippen molar-refractivity contribution in [3.8, 4) is 5.75 Å². The first-order valence-corrected chi connectivity index (χ1v) is 5.31. The molecule has 0 spiro atoms. The number of hydrogen-bond donors (Lipinski definition) is 2. The smallest absolute Gasteiger partial charge is 0.120 e. The molecule has 0 aliphatic rings. The molecular formula is C13H11ClNO. The predicted octanol–water partition coefficient (Wildman–Crippen LogP) is 3.46. The number of nitrogens with one attached hydrogen (secondary N) is 1. The Kier molecular flexibility index (Phi) is 3.32.